The van der Waals surface area contributed by atoms with Crippen LogP contribution in [0.5, 0.6) is 0 Å². The fraction of sp³-hybridized carbons (Fsp3) is 0.562. The zero-order chi connectivity index (χ0) is 14.8. The molecule has 0 bridgehead atoms. The monoisotopic (exact) mass is 319 g/mol. The van der Waals surface area contributed by atoms with Crippen LogP contribution in [0.1, 0.15) is 25.0 Å². The van der Waals surface area contributed by atoms with Gasteiger partial charge in [0.25, 0.3) is 0 Å². The number of hydrogen-bond acceptors (Lipinski definition) is 5. The largest absolute Gasteiger partial charge is 0.458 e. The van der Waals surface area contributed by atoms with Crippen LogP contribution >= 0.6 is 11.8 Å². The molecule has 2 aromatic rings. The van der Waals surface area contributed by atoms with Gasteiger partial charge in [0.15, 0.2) is 5.76 Å². The normalized spacial score (nSPS) is 28.5. The summed E-state index contributed by atoms with van der Waals surface area (Å²) in [7, 11) is 0. The standard InChI is InChI=1S/C16H21N3O2S/c1-2-15(14-3-6-18-19-14)21-13(1)10-17-12-4-7-20-16(9-12)5-8-22-11-16/h1-3,6,12,17H,4-5,7-11H2,(H,18,19)/t12-,16-/m0/s1. The Morgan fingerprint density at radius 3 is 3.23 bits per heavy atom. The van der Waals surface area contributed by atoms with Crippen LogP contribution in [0.2, 0.25) is 0 Å². The third-order valence-corrected chi connectivity index (χ3v) is 5.78. The van der Waals surface area contributed by atoms with E-state index in [9.17, 15) is 0 Å². The quantitative estimate of drug-likeness (QED) is 0.907. The van der Waals surface area contributed by atoms with Crippen LogP contribution in [0.3, 0.4) is 0 Å². The predicted octanol–water partition coefficient (Wildman–Crippen LogP) is 2.81. The van der Waals surface area contributed by atoms with Crippen LogP contribution in [-0.4, -0.2) is 40.0 Å². The van der Waals surface area contributed by atoms with Crippen molar-refractivity contribution in [2.75, 3.05) is 18.1 Å². The highest BCUT2D eigenvalue weighted by molar-refractivity contribution is 7.99. The van der Waals surface area contributed by atoms with Gasteiger partial charge in [0.1, 0.15) is 11.5 Å². The van der Waals surface area contributed by atoms with Crippen LogP contribution < -0.4 is 5.32 Å². The van der Waals surface area contributed by atoms with Gasteiger partial charge in [-0.15, -0.1) is 0 Å². The van der Waals surface area contributed by atoms with Gasteiger partial charge in [0.05, 0.1) is 12.1 Å². The summed E-state index contributed by atoms with van der Waals surface area (Å²) in [6, 6.07) is 6.46. The Bertz CT molecular complexity index is 605. The maximum absolute atomic E-state index is 6.07. The number of furan rings is 1. The first-order valence-corrected chi connectivity index (χ1v) is 9.02. The smallest absolute Gasteiger partial charge is 0.152 e. The van der Waals surface area contributed by atoms with Crippen molar-refractivity contribution in [3.05, 3.63) is 30.2 Å². The second-order valence-corrected chi connectivity index (χ2v) is 7.25. The first-order valence-electron chi connectivity index (χ1n) is 7.87. The number of aromatic nitrogens is 2. The van der Waals surface area contributed by atoms with E-state index in [0.717, 1.165) is 49.0 Å². The lowest BCUT2D eigenvalue weighted by molar-refractivity contribution is -0.0704. The van der Waals surface area contributed by atoms with Crippen molar-refractivity contribution >= 4 is 11.8 Å². The van der Waals surface area contributed by atoms with Crippen LogP contribution in [0.25, 0.3) is 11.5 Å². The zero-order valence-corrected chi connectivity index (χ0v) is 13.3. The van der Waals surface area contributed by atoms with Gasteiger partial charge in [-0.05, 0) is 43.2 Å². The number of ether oxygens (including phenoxy) is 1. The Kier molecular flexibility index (Phi) is 3.98. The molecular formula is C16H21N3O2S. The van der Waals surface area contributed by atoms with Gasteiger partial charge in [-0.25, -0.2) is 0 Å². The van der Waals surface area contributed by atoms with E-state index in [2.05, 4.69) is 15.5 Å². The molecule has 2 fully saturated rings. The number of nitrogens with one attached hydrogen (secondary N) is 2. The summed E-state index contributed by atoms with van der Waals surface area (Å²) in [5.74, 6) is 4.19. The van der Waals surface area contributed by atoms with Crippen molar-refractivity contribution in [1.29, 1.82) is 0 Å². The van der Waals surface area contributed by atoms with Crippen molar-refractivity contribution < 1.29 is 9.15 Å². The van der Waals surface area contributed by atoms with Gasteiger partial charge in [-0.3, -0.25) is 5.10 Å². The number of H-pyrrole nitrogens is 1. The second kappa shape index (κ2) is 6.10. The molecule has 4 heterocycles. The van der Waals surface area contributed by atoms with Crippen molar-refractivity contribution in [2.45, 2.75) is 37.5 Å². The van der Waals surface area contributed by atoms with Gasteiger partial charge in [-0.2, -0.15) is 16.9 Å². The summed E-state index contributed by atoms with van der Waals surface area (Å²) in [5, 5.41) is 10.5. The summed E-state index contributed by atoms with van der Waals surface area (Å²) >= 11 is 2.02. The molecule has 2 aliphatic rings. The number of nitrogens with zero attached hydrogens (tertiary/aromatic N) is 1. The Balaban J connectivity index is 1.34. The topological polar surface area (TPSA) is 63.1 Å². The minimum Gasteiger partial charge on any atom is -0.458 e. The second-order valence-electron chi connectivity index (χ2n) is 6.14. The molecule has 0 aromatic carbocycles. The van der Waals surface area contributed by atoms with Crippen molar-refractivity contribution in [1.82, 2.24) is 15.5 Å². The molecule has 2 atom stereocenters. The Hall–Kier alpha value is -1.24. The van der Waals surface area contributed by atoms with Gasteiger partial charge < -0.3 is 14.5 Å². The molecule has 0 saturated carbocycles. The van der Waals surface area contributed by atoms with E-state index in [1.807, 2.05) is 30.0 Å². The van der Waals surface area contributed by atoms with E-state index in [1.165, 1.54) is 12.2 Å². The maximum Gasteiger partial charge on any atom is 0.152 e. The lowest BCUT2D eigenvalue weighted by Crippen LogP contribution is -2.47. The van der Waals surface area contributed by atoms with E-state index >= 15 is 0 Å². The summed E-state index contributed by atoms with van der Waals surface area (Å²) in [4.78, 5) is 0. The molecule has 118 valence electrons. The van der Waals surface area contributed by atoms with Crippen molar-refractivity contribution in [3.8, 4) is 11.5 Å². The predicted molar refractivity (Wildman–Crippen MR) is 86.8 cm³/mol. The molecule has 1 spiro atoms. The fourth-order valence-corrected chi connectivity index (χ4v) is 4.70. The minimum atomic E-state index is 0.130. The fourth-order valence-electron chi connectivity index (χ4n) is 3.32. The summed E-state index contributed by atoms with van der Waals surface area (Å²) in [6.45, 7) is 1.64. The Morgan fingerprint density at radius 2 is 2.41 bits per heavy atom. The molecule has 4 rings (SSSR count). The molecule has 2 aliphatic heterocycles. The molecule has 22 heavy (non-hydrogen) atoms. The molecule has 2 N–H and O–H groups in total. The van der Waals surface area contributed by atoms with E-state index in [1.54, 1.807) is 6.20 Å². The van der Waals surface area contributed by atoms with E-state index in [4.69, 9.17) is 9.15 Å². The number of aromatic amines is 1. The van der Waals surface area contributed by atoms with E-state index in [0.29, 0.717) is 6.04 Å². The van der Waals surface area contributed by atoms with Gasteiger partial charge in [-0.1, -0.05) is 0 Å². The molecule has 2 aromatic heterocycles. The van der Waals surface area contributed by atoms with Gasteiger partial charge >= 0.3 is 0 Å². The maximum atomic E-state index is 6.07. The number of hydrogen-bond donors (Lipinski definition) is 2. The summed E-state index contributed by atoms with van der Waals surface area (Å²) in [6.07, 6.45) is 5.13. The Morgan fingerprint density at radius 1 is 1.41 bits per heavy atom. The number of thioether (sulfide) groups is 1. The third-order valence-electron chi connectivity index (χ3n) is 4.55. The molecule has 6 heteroatoms. The molecular weight excluding hydrogens is 298 g/mol. The zero-order valence-electron chi connectivity index (χ0n) is 12.5. The van der Waals surface area contributed by atoms with E-state index < -0.39 is 0 Å². The summed E-state index contributed by atoms with van der Waals surface area (Å²) in [5.41, 5.74) is 1.05. The highest BCUT2D eigenvalue weighted by atomic mass is 32.2. The Labute approximate surface area is 134 Å². The molecule has 0 amide bonds. The molecule has 2 saturated heterocycles. The first-order chi connectivity index (χ1) is 10.8. The SMILES string of the molecule is c1cc(-c2ccc(CN[C@H]3CCO[C@@]4(CCSC4)C3)o2)[nH]n1. The van der Waals surface area contributed by atoms with Crippen molar-refractivity contribution in [2.24, 2.45) is 0 Å². The third kappa shape index (κ3) is 2.95. The van der Waals surface area contributed by atoms with Crippen molar-refractivity contribution in [3.63, 3.8) is 0 Å². The van der Waals surface area contributed by atoms with Crippen LogP contribution in [-0.2, 0) is 11.3 Å². The lowest BCUT2D eigenvalue weighted by atomic mass is 9.90. The summed E-state index contributed by atoms with van der Waals surface area (Å²) < 4.78 is 11.9. The van der Waals surface area contributed by atoms with E-state index in [-0.39, 0.29) is 5.60 Å². The molecule has 5 nitrogen and oxygen atoms in total. The highest BCUT2D eigenvalue weighted by Crippen LogP contribution is 2.38. The van der Waals surface area contributed by atoms with Gasteiger partial charge in [0.2, 0.25) is 0 Å². The van der Waals surface area contributed by atoms with Gasteiger partial charge in [0, 0.05) is 24.6 Å². The average Bonchev–Trinajstić information content (AvgIpc) is 3.27. The van der Waals surface area contributed by atoms with Crippen LogP contribution in [0.15, 0.2) is 28.8 Å². The molecule has 0 radical (unpaired) electrons. The van der Waals surface area contributed by atoms with Crippen LogP contribution in [0.4, 0.5) is 0 Å². The van der Waals surface area contributed by atoms with Crippen LogP contribution in [0, 0.1) is 0 Å². The first kappa shape index (κ1) is 14.4. The highest BCUT2D eigenvalue weighted by Gasteiger charge is 2.40. The lowest BCUT2D eigenvalue weighted by Gasteiger charge is -2.38. The molecule has 0 unspecified atom stereocenters. The number of rotatable bonds is 4. The minimum absolute atomic E-state index is 0.130. The average molecular weight is 319 g/mol. The molecule has 0 aliphatic carbocycles.